The molecule has 52 heavy (non-hydrogen) atoms. The third-order valence-electron chi connectivity index (χ3n) is 11.0. The fraction of sp³-hybridized carbons (Fsp3) is 0.372. The molecule has 0 saturated heterocycles. The quantitative estimate of drug-likeness (QED) is 0.172. The molecule has 0 bridgehead atoms. The van der Waals surface area contributed by atoms with Crippen molar-refractivity contribution >= 4 is 23.5 Å². The minimum absolute atomic E-state index is 0.0935. The Labute approximate surface area is 303 Å². The normalized spacial score (nSPS) is 16.8. The van der Waals surface area contributed by atoms with Gasteiger partial charge in [0.05, 0.1) is 5.56 Å². The Kier molecular flexibility index (Phi) is 11.2. The van der Waals surface area contributed by atoms with Crippen LogP contribution in [0.1, 0.15) is 115 Å². The SMILES string of the molecule is CCC(C(=O)O)(c1ccc(NC(=O)c2ccccc2-c2ccc(C(F)(F)F)cc2)cc1)c1ccccc1C(=O)N(C1CCCCC1)C1CCCCC1. The van der Waals surface area contributed by atoms with Gasteiger partial charge in [-0.2, -0.15) is 13.2 Å². The zero-order valence-electron chi connectivity index (χ0n) is 29.4. The lowest BCUT2D eigenvalue weighted by Gasteiger charge is -2.42. The van der Waals surface area contributed by atoms with Crippen molar-refractivity contribution < 1.29 is 32.7 Å². The van der Waals surface area contributed by atoms with Gasteiger partial charge in [-0.1, -0.05) is 106 Å². The highest BCUT2D eigenvalue weighted by atomic mass is 19.4. The second kappa shape index (κ2) is 15.8. The van der Waals surface area contributed by atoms with Crippen LogP contribution in [0.3, 0.4) is 0 Å². The average Bonchev–Trinajstić information content (AvgIpc) is 3.16. The molecule has 2 aliphatic carbocycles. The molecule has 1 unspecified atom stereocenters. The summed E-state index contributed by atoms with van der Waals surface area (Å²) in [5.74, 6) is -1.63. The molecule has 2 aliphatic rings. The van der Waals surface area contributed by atoms with Gasteiger partial charge in [-0.05, 0) is 90.8 Å². The molecule has 2 amide bonds. The van der Waals surface area contributed by atoms with Crippen molar-refractivity contribution in [1.82, 2.24) is 4.90 Å². The number of carbonyl (C=O) groups is 3. The van der Waals surface area contributed by atoms with E-state index in [9.17, 15) is 32.7 Å². The van der Waals surface area contributed by atoms with Gasteiger partial charge in [0.25, 0.3) is 11.8 Å². The molecule has 2 fully saturated rings. The number of aliphatic carboxylic acids is 1. The topological polar surface area (TPSA) is 86.7 Å². The predicted molar refractivity (Wildman–Crippen MR) is 196 cm³/mol. The molecule has 4 aromatic carbocycles. The lowest BCUT2D eigenvalue weighted by atomic mass is 9.70. The van der Waals surface area contributed by atoms with Gasteiger partial charge in [-0.15, -0.1) is 0 Å². The standard InChI is InChI=1S/C43H45F3N2O4/c1-2-42(41(51)52,38-20-12-11-19-37(38)40(50)48(33-13-5-3-6-14-33)34-15-7-4-8-16-34)30-25-27-32(28-26-30)47-39(49)36-18-10-9-17-35(36)29-21-23-31(24-22-29)43(44,45)46/h9-12,17-28,33-34H,2-8,13-16H2,1H3,(H,47,49)(H,51,52). The number of carboxylic acids is 1. The molecule has 2 saturated carbocycles. The minimum Gasteiger partial charge on any atom is -0.480 e. The summed E-state index contributed by atoms with van der Waals surface area (Å²) < 4.78 is 39.5. The molecule has 6 rings (SSSR count). The number of alkyl halides is 3. The Morgan fingerprint density at radius 2 is 1.21 bits per heavy atom. The Morgan fingerprint density at radius 1 is 0.692 bits per heavy atom. The first kappa shape index (κ1) is 36.9. The third kappa shape index (κ3) is 7.50. The van der Waals surface area contributed by atoms with E-state index < -0.39 is 29.0 Å². The summed E-state index contributed by atoms with van der Waals surface area (Å²) in [4.78, 5) is 43.8. The molecule has 9 heteroatoms. The van der Waals surface area contributed by atoms with Crippen LogP contribution in [-0.4, -0.2) is 39.9 Å². The summed E-state index contributed by atoms with van der Waals surface area (Å²) in [6, 6.07) is 25.4. The van der Waals surface area contributed by atoms with E-state index in [2.05, 4.69) is 10.2 Å². The summed E-state index contributed by atoms with van der Waals surface area (Å²) in [7, 11) is 0. The molecule has 0 radical (unpaired) electrons. The first-order valence-electron chi connectivity index (χ1n) is 18.4. The largest absolute Gasteiger partial charge is 0.480 e. The maximum Gasteiger partial charge on any atom is 0.416 e. The second-order valence-corrected chi connectivity index (χ2v) is 14.1. The number of carboxylic acid groups (broad SMARTS) is 1. The highest BCUT2D eigenvalue weighted by Gasteiger charge is 2.44. The lowest BCUT2D eigenvalue weighted by Crippen LogP contribution is -2.49. The molecular weight excluding hydrogens is 665 g/mol. The number of amides is 2. The fourth-order valence-corrected chi connectivity index (χ4v) is 8.28. The van der Waals surface area contributed by atoms with Crippen LogP contribution in [0.25, 0.3) is 11.1 Å². The number of halogens is 3. The van der Waals surface area contributed by atoms with Gasteiger partial charge in [0, 0.05) is 28.9 Å². The van der Waals surface area contributed by atoms with Crippen LogP contribution in [0, 0.1) is 0 Å². The Bertz CT molecular complexity index is 1860. The molecular formula is C43H45F3N2O4. The van der Waals surface area contributed by atoms with Crippen LogP contribution in [0.4, 0.5) is 18.9 Å². The van der Waals surface area contributed by atoms with E-state index >= 15 is 0 Å². The molecule has 0 heterocycles. The number of rotatable bonds is 10. The monoisotopic (exact) mass is 710 g/mol. The van der Waals surface area contributed by atoms with Crippen LogP contribution in [0.2, 0.25) is 0 Å². The minimum atomic E-state index is -4.47. The smallest absolute Gasteiger partial charge is 0.416 e. The van der Waals surface area contributed by atoms with Gasteiger partial charge in [-0.25, -0.2) is 0 Å². The molecule has 272 valence electrons. The third-order valence-corrected chi connectivity index (χ3v) is 11.0. The van der Waals surface area contributed by atoms with Crippen molar-refractivity contribution in [3.8, 4) is 11.1 Å². The van der Waals surface area contributed by atoms with Gasteiger partial charge < -0.3 is 15.3 Å². The van der Waals surface area contributed by atoms with Crippen LogP contribution in [0.15, 0.2) is 97.1 Å². The summed E-state index contributed by atoms with van der Waals surface area (Å²) in [6.45, 7) is 1.81. The van der Waals surface area contributed by atoms with Gasteiger partial charge >= 0.3 is 12.1 Å². The van der Waals surface area contributed by atoms with Crippen molar-refractivity contribution in [3.05, 3.63) is 125 Å². The summed E-state index contributed by atoms with van der Waals surface area (Å²) in [6.07, 6.45) is 6.23. The number of benzene rings is 4. The van der Waals surface area contributed by atoms with E-state index in [1.54, 1.807) is 72.8 Å². The van der Waals surface area contributed by atoms with Crippen molar-refractivity contribution in [3.63, 3.8) is 0 Å². The molecule has 6 nitrogen and oxygen atoms in total. The fourth-order valence-electron chi connectivity index (χ4n) is 8.28. The zero-order valence-corrected chi connectivity index (χ0v) is 29.4. The second-order valence-electron chi connectivity index (χ2n) is 14.1. The number of hydrogen-bond donors (Lipinski definition) is 2. The van der Waals surface area contributed by atoms with Crippen molar-refractivity contribution in [1.29, 1.82) is 0 Å². The first-order chi connectivity index (χ1) is 25.0. The molecule has 1 atom stereocenters. The Hall–Kier alpha value is -4.92. The molecule has 2 N–H and O–H groups in total. The van der Waals surface area contributed by atoms with E-state index in [1.807, 2.05) is 6.92 Å². The number of nitrogens with one attached hydrogen (secondary N) is 1. The maximum atomic E-state index is 14.7. The predicted octanol–water partition coefficient (Wildman–Crippen LogP) is 10.5. The van der Waals surface area contributed by atoms with Crippen LogP contribution >= 0.6 is 0 Å². The van der Waals surface area contributed by atoms with E-state index in [0.29, 0.717) is 33.5 Å². The summed E-state index contributed by atoms with van der Waals surface area (Å²) in [5.41, 5.74) is 0.654. The van der Waals surface area contributed by atoms with E-state index in [4.69, 9.17) is 0 Å². The van der Waals surface area contributed by atoms with Gasteiger partial charge in [0.1, 0.15) is 5.41 Å². The molecule has 0 spiro atoms. The Balaban J connectivity index is 1.30. The van der Waals surface area contributed by atoms with Crippen molar-refractivity contribution in [2.45, 2.75) is 101 Å². The maximum absolute atomic E-state index is 14.7. The molecule has 0 aliphatic heterocycles. The molecule has 0 aromatic heterocycles. The highest BCUT2D eigenvalue weighted by molar-refractivity contribution is 6.08. The number of carbonyl (C=O) groups excluding carboxylic acids is 2. The van der Waals surface area contributed by atoms with Crippen LogP contribution in [0.5, 0.6) is 0 Å². The van der Waals surface area contributed by atoms with E-state index in [1.165, 1.54) is 25.0 Å². The highest BCUT2D eigenvalue weighted by Crippen LogP contribution is 2.41. The van der Waals surface area contributed by atoms with Crippen molar-refractivity contribution in [2.75, 3.05) is 5.32 Å². The average molecular weight is 711 g/mol. The summed E-state index contributed by atoms with van der Waals surface area (Å²) >= 11 is 0. The molecule has 4 aromatic rings. The number of hydrogen-bond acceptors (Lipinski definition) is 3. The number of nitrogens with zero attached hydrogens (tertiary/aromatic N) is 1. The van der Waals surface area contributed by atoms with Gasteiger partial charge in [0.2, 0.25) is 0 Å². The summed E-state index contributed by atoms with van der Waals surface area (Å²) in [5, 5.41) is 13.8. The first-order valence-corrected chi connectivity index (χ1v) is 18.4. The lowest BCUT2D eigenvalue weighted by molar-refractivity contribution is -0.142. The van der Waals surface area contributed by atoms with Gasteiger partial charge in [0.15, 0.2) is 0 Å². The van der Waals surface area contributed by atoms with Crippen LogP contribution in [-0.2, 0) is 16.4 Å². The van der Waals surface area contributed by atoms with Gasteiger partial charge in [-0.3, -0.25) is 14.4 Å². The van der Waals surface area contributed by atoms with Crippen molar-refractivity contribution in [2.24, 2.45) is 0 Å². The Morgan fingerprint density at radius 3 is 1.75 bits per heavy atom. The van der Waals surface area contributed by atoms with E-state index in [-0.39, 0.29) is 30.0 Å². The van der Waals surface area contributed by atoms with Crippen LogP contribution < -0.4 is 5.32 Å². The number of anilines is 1. The zero-order chi connectivity index (χ0) is 36.9. The van der Waals surface area contributed by atoms with E-state index in [0.717, 1.165) is 63.5 Å².